The van der Waals surface area contributed by atoms with Crippen molar-refractivity contribution in [3.8, 4) is 11.4 Å². The SMILES string of the molecule is OC1(C2CN(c3ccc(C(F)(F)F)c(-c4[nH]nc5ncccc45)n3)CCN2)COC1.[HH].[HH].[HH]. The quantitative estimate of drug-likeness (QED) is 0.591. The third kappa shape index (κ3) is 3.18. The zero-order chi connectivity index (χ0) is 20.9. The summed E-state index contributed by atoms with van der Waals surface area (Å²) < 4.78 is 46.3. The standard InChI is InChI=1S/C19H19F3N6O2.3H2/c20-19(21,22)12-3-4-14(28-7-6-23-13(8-28)18(29)9-30-10-18)25-16(12)15-11-2-1-5-24-17(11)27-26-15;;;/h1-5,13,23,29H,6-10H2,(H,24,26,27);3*1H. The summed E-state index contributed by atoms with van der Waals surface area (Å²) in [4.78, 5) is 10.3. The van der Waals surface area contributed by atoms with Crippen molar-refractivity contribution in [2.45, 2.75) is 17.8 Å². The van der Waals surface area contributed by atoms with E-state index in [0.29, 0.717) is 36.5 Å². The predicted molar refractivity (Wildman–Crippen MR) is 108 cm³/mol. The molecule has 3 aromatic rings. The summed E-state index contributed by atoms with van der Waals surface area (Å²) in [6, 6.07) is 5.44. The molecule has 0 amide bonds. The first kappa shape index (κ1) is 19.2. The van der Waals surface area contributed by atoms with Crippen molar-refractivity contribution in [3.05, 3.63) is 36.0 Å². The van der Waals surface area contributed by atoms with Crippen molar-refractivity contribution in [2.75, 3.05) is 37.7 Å². The van der Waals surface area contributed by atoms with E-state index in [1.54, 1.807) is 12.1 Å². The largest absolute Gasteiger partial charge is 0.418 e. The molecule has 2 aliphatic heterocycles. The lowest BCUT2D eigenvalue weighted by molar-refractivity contribution is -0.194. The van der Waals surface area contributed by atoms with Crippen molar-refractivity contribution in [2.24, 2.45) is 0 Å². The van der Waals surface area contributed by atoms with Crippen LogP contribution in [-0.2, 0) is 10.9 Å². The van der Waals surface area contributed by atoms with Crippen molar-refractivity contribution in [1.82, 2.24) is 25.5 Å². The van der Waals surface area contributed by atoms with Gasteiger partial charge in [-0.2, -0.15) is 18.3 Å². The first-order chi connectivity index (χ1) is 14.4. The maximum Gasteiger partial charge on any atom is 0.418 e. The summed E-state index contributed by atoms with van der Waals surface area (Å²) in [5, 5.41) is 21.0. The predicted octanol–water partition coefficient (Wildman–Crippen LogP) is 2.32. The van der Waals surface area contributed by atoms with E-state index in [9.17, 15) is 18.3 Å². The second-order valence-electron chi connectivity index (χ2n) is 7.59. The molecule has 30 heavy (non-hydrogen) atoms. The van der Waals surface area contributed by atoms with E-state index in [1.165, 1.54) is 12.3 Å². The van der Waals surface area contributed by atoms with Crippen molar-refractivity contribution < 1.29 is 27.3 Å². The lowest BCUT2D eigenvalue weighted by atomic mass is 9.90. The Hall–Kier alpha value is -2.76. The number of alkyl halides is 3. The average Bonchev–Trinajstić information content (AvgIpc) is 3.15. The molecule has 5 rings (SSSR count). The van der Waals surface area contributed by atoms with Gasteiger partial charge in [0, 0.05) is 35.5 Å². The van der Waals surface area contributed by atoms with Crippen LogP contribution in [0.15, 0.2) is 30.5 Å². The Kier molecular flexibility index (Phi) is 4.42. The number of anilines is 1. The van der Waals surface area contributed by atoms with Crippen LogP contribution in [0.1, 0.15) is 9.84 Å². The number of hydrogen-bond donors (Lipinski definition) is 3. The minimum absolute atomic E-state index is 0. The number of pyridine rings is 2. The summed E-state index contributed by atoms with van der Waals surface area (Å²) >= 11 is 0. The smallest absolute Gasteiger partial charge is 0.383 e. The topological polar surface area (TPSA) is 99.2 Å². The summed E-state index contributed by atoms with van der Waals surface area (Å²) in [6.07, 6.45) is -3.05. The van der Waals surface area contributed by atoms with Crippen LogP contribution in [0.5, 0.6) is 0 Å². The normalized spacial score (nSPS) is 21.6. The van der Waals surface area contributed by atoms with Gasteiger partial charge in [0.2, 0.25) is 0 Å². The molecule has 5 heterocycles. The molecule has 2 saturated heterocycles. The summed E-state index contributed by atoms with van der Waals surface area (Å²) in [6.45, 7) is 2.00. The highest BCUT2D eigenvalue weighted by Gasteiger charge is 2.46. The lowest BCUT2D eigenvalue weighted by Gasteiger charge is -2.47. The monoisotopic (exact) mass is 426 g/mol. The number of aliphatic hydroxyl groups is 1. The Bertz CT molecular complexity index is 1100. The van der Waals surface area contributed by atoms with Crippen LogP contribution in [-0.4, -0.2) is 69.8 Å². The highest BCUT2D eigenvalue weighted by atomic mass is 19.4. The van der Waals surface area contributed by atoms with Gasteiger partial charge in [0.25, 0.3) is 0 Å². The van der Waals surface area contributed by atoms with Crippen LogP contribution in [0.2, 0.25) is 0 Å². The molecule has 0 aliphatic carbocycles. The molecule has 0 aromatic carbocycles. The van der Waals surface area contributed by atoms with Gasteiger partial charge < -0.3 is 20.1 Å². The minimum Gasteiger partial charge on any atom is -0.383 e. The first-order valence-electron chi connectivity index (χ1n) is 9.51. The molecule has 1 atom stereocenters. The molecule has 0 saturated carbocycles. The first-order valence-corrected chi connectivity index (χ1v) is 9.51. The Morgan fingerprint density at radius 2 is 2.10 bits per heavy atom. The van der Waals surface area contributed by atoms with Crippen LogP contribution in [0.4, 0.5) is 19.0 Å². The van der Waals surface area contributed by atoms with E-state index in [0.717, 1.165) is 6.07 Å². The van der Waals surface area contributed by atoms with Crippen molar-refractivity contribution >= 4 is 16.9 Å². The van der Waals surface area contributed by atoms with Crippen LogP contribution in [0.3, 0.4) is 0 Å². The second kappa shape index (κ2) is 6.89. The molecule has 11 heteroatoms. The van der Waals surface area contributed by atoms with Crippen LogP contribution < -0.4 is 10.2 Å². The number of aromatic amines is 1. The molecule has 0 radical (unpaired) electrons. The molecular weight excluding hydrogens is 401 g/mol. The zero-order valence-electron chi connectivity index (χ0n) is 15.8. The average molecular weight is 426 g/mol. The summed E-state index contributed by atoms with van der Waals surface area (Å²) in [5.74, 6) is 0.403. The van der Waals surface area contributed by atoms with Gasteiger partial charge >= 0.3 is 6.18 Å². The van der Waals surface area contributed by atoms with Crippen LogP contribution in [0, 0.1) is 0 Å². The van der Waals surface area contributed by atoms with Crippen molar-refractivity contribution in [1.29, 1.82) is 0 Å². The number of fused-ring (bicyclic) bond motifs is 1. The highest BCUT2D eigenvalue weighted by Crippen LogP contribution is 2.38. The Labute approximate surface area is 173 Å². The number of nitrogens with zero attached hydrogens (tertiary/aromatic N) is 4. The number of ether oxygens (including phenoxy) is 1. The molecule has 2 aliphatic rings. The number of hydrogen-bond acceptors (Lipinski definition) is 7. The van der Waals surface area contributed by atoms with E-state index in [2.05, 4.69) is 25.5 Å². The molecule has 164 valence electrons. The van der Waals surface area contributed by atoms with Crippen molar-refractivity contribution in [3.63, 3.8) is 0 Å². The number of rotatable bonds is 3. The van der Waals surface area contributed by atoms with Gasteiger partial charge in [-0.3, -0.25) is 5.10 Å². The van der Waals surface area contributed by atoms with E-state index in [1.807, 2.05) is 4.90 Å². The molecule has 8 nitrogen and oxygen atoms in total. The molecule has 0 bridgehead atoms. The van der Waals surface area contributed by atoms with E-state index in [-0.39, 0.29) is 34.9 Å². The van der Waals surface area contributed by atoms with E-state index >= 15 is 0 Å². The lowest BCUT2D eigenvalue weighted by Crippen LogP contribution is -2.69. The van der Waals surface area contributed by atoms with Gasteiger partial charge in [-0.15, -0.1) is 0 Å². The number of halogens is 3. The fraction of sp³-hybridized carbons (Fsp3) is 0.421. The van der Waals surface area contributed by atoms with E-state index < -0.39 is 17.3 Å². The number of piperazine rings is 1. The Morgan fingerprint density at radius 1 is 1.27 bits per heavy atom. The Morgan fingerprint density at radius 3 is 2.83 bits per heavy atom. The molecule has 0 spiro atoms. The van der Waals surface area contributed by atoms with E-state index in [4.69, 9.17) is 4.74 Å². The molecular formula is C19H25F3N6O2. The number of aromatic nitrogens is 4. The third-order valence-corrected chi connectivity index (χ3v) is 5.60. The zero-order valence-corrected chi connectivity index (χ0v) is 15.8. The van der Waals surface area contributed by atoms with Gasteiger partial charge in [-0.1, -0.05) is 0 Å². The maximum atomic E-state index is 13.7. The van der Waals surface area contributed by atoms with Gasteiger partial charge in [0.05, 0.1) is 30.5 Å². The van der Waals surface area contributed by atoms with Gasteiger partial charge in [0.1, 0.15) is 17.1 Å². The number of H-pyrrole nitrogens is 1. The Balaban J connectivity index is 0.00000128. The maximum absolute atomic E-state index is 13.7. The highest BCUT2D eigenvalue weighted by molar-refractivity contribution is 5.90. The van der Waals surface area contributed by atoms with Gasteiger partial charge in [-0.25, -0.2) is 9.97 Å². The summed E-state index contributed by atoms with van der Waals surface area (Å²) in [7, 11) is 0. The second-order valence-corrected chi connectivity index (χ2v) is 7.59. The van der Waals surface area contributed by atoms with Crippen LogP contribution >= 0.6 is 0 Å². The summed E-state index contributed by atoms with van der Waals surface area (Å²) in [5.41, 5.74) is -1.56. The fourth-order valence-corrected chi connectivity index (χ4v) is 3.91. The molecule has 3 aromatic heterocycles. The van der Waals surface area contributed by atoms with Gasteiger partial charge in [-0.05, 0) is 24.3 Å². The fourth-order valence-electron chi connectivity index (χ4n) is 3.91. The minimum atomic E-state index is -4.58. The third-order valence-electron chi connectivity index (χ3n) is 5.60. The molecule has 1 unspecified atom stereocenters. The van der Waals surface area contributed by atoms with Crippen LogP contribution in [0.25, 0.3) is 22.4 Å². The van der Waals surface area contributed by atoms with Gasteiger partial charge in [0.15, 0.2) is 5.65 Å². The number of nitrogens with one attached hydrogen (secondary N) is 2. The molecule has 2 fully saturated rings. The molecule has 3 N–H and O–H groups in total.